The van der Waals surface area contributed by atoms with Gasteiger partial charge in [0.25, 0.3) is 0 Å². The topological polar surface area (TPSA) is 47.6 Å². The lowest BCUT2D eigenvalue weighted by atomic mass is 10.9. The van der Waals surface area contributed by atoms with Gasteiger partial charge >= 0.3 is 0 Å². The van der Waals surface area contributed by atoms with E-state index in [2.05, 4.69) is 0 Å². The number of halogens is 1. The van der Waals surface area contributed by atoms with Gasteiger partial charge in [-0.2, -0.15) is 10.5 Å². The Hall–Kier alpha value is -1.09. The monoisotopic (exact) mass is 86.0 g/mol. The molecule has 3 heteroatoms. The summed E-state index contributed by atoms with van der Waals surface area (Å²) < 4.78 is 9.50. The number of nitriles is 2. The molecule has 0 aromatic rings. The Bertz CT molecular complexity index is 63.8. The van der Waals surface area contributed by atoms with Crippen molar-refractivity contribution in [2.45, 2.75) is 0 Å². The molecule has 0 N–H and O–H groups in total. The third-order valence-electron chi connectivity index (χ3n) is 0.0500. The van der Waals surface area contributed by atoms with Crippen LogP contribution in [0.3, 0.4) is 0 Å². The van der Waals surface area contributed by atoms with E-state index in [1.165, 1.54) is 12.1 Å². The molecule has 2 nitrogen and oxygen atoms in total. The second kappa shape index (κ2) is 40.0. The molecule has 0 heterocycles. The van der Waals surface area contributed by atoms with Crippen molar-refractivity contribution in [1.29, 1.82) is 10.5 Å². The molecule has 0 bridgehead atoms. The third-order valence-corrected chi connectivity index (χ3v) is 0.0500. The summed E-state index contributed by atoms with van der Waals surface area (Å²) in [7, 11) is 0.500. The molecule has 0 aliphatic carbocycles. The molecular formula is C3H3FN2. The zero-order chi connectivity index (χ0) is 5.41. The van der Waals surface area contributed by atoms with Gasteiger partial charge in [0.2, 0.25) is 0 Å². The predicted octanol–water partition coefficient (Wildman–Crippen LogP) is 0.619. The molecule has 0 saturated heterocycles. The highest BCUT2D eigenvalue weighted by Crippen LogP contribution is 1.27. The van der Waals surface area contributed by atoms with E-state index in [1.54, 1.807) is 0 Å². The van der Waals surface area contributed by atoms with Crippen LogP contribution in [0.25, 0.3) is 0 Å². The van der Waals surface area contributed by atoms with Gasteiger partial charge in [-0.25, -0.2) is 0 Å². The first-order chi connectivity index (χ1) is 2.91. The average Bonchev–Trinajstić information content (AvgIpc) is 1.72. The molecule has 0 atom stereocenters. The molecule has 0 amide bonds. The van der Waals surface area contributed by atoms with Crippen molar-refractivity contribution in [2.75, 3.05) is 7.18 Å². The highest BCUT2D eigenvalue weighted by molar-refractivity contribution is 4.99. The Morgan fingerprint density at radius 1 is 1.17 bits per heavy atom. The van der Waals surface area contributed by atoms with Gasteiger partial charge in [-0.1, -0.05) is 0 Å². The molecule has 32 valence electrons. The normalized spacial score (nSPS) is 2.67. The highest BCUT2D eigenvalue weighted by Gasteiger charge is 1.39. The molecular weight excluding hydrogens is 83.0 g/mol. The van der Waals surface area contributed by atoms with E-state index in [0.717, 1.165) is 0 Å². The van der Waals surface area contributed by atoms with Crippen molar-refractivity contribution in [1.82, 2.24) is 0 Å². The number of hydrogen-bond acceptors (Lipinski definition) is 2. The fourth-order valence-corrected chi connectivity index (χ4v) is 0. The van der Waals surface area contributed by atoms with Crippen LogP contribution in [0.1, 0.15) is 0 Å². The Balaban J connectivity index is 0. The van der Waals surface area contributed by atoms with Crippen molar-refractivity contribution in [3.8, 4) is 12.1 Å². The van der Waals surface area contributed by atoms with Crippen LogP contribution in [0.5, 0.6) is 0 Å². The van der Waals surface area contributed by atoms with Crippen molar-refractivity contribution in [2.24, 2.45) is 0 Å². The number of rotatable bonds is 0. The van der Waals surface area contributed by atoms with Crippen molar-refractivity contribution in [3.63, 3.8) is 0 Å². The van der Waals surface area contributed by atoms with Crippen LogP contribution in [0, 0.1) is 22.7 Å². The largest absolute Gasteiger partial charge is 0.255 e. The van der Waals surface area contributed by atoms with E-state index in [-0.39, 0.29) is 0 Å². The van der Waals surface area contributed by atoms with Crippen molar-refractivity contribution in [3.05, 3.63) is 0 Å². The van der Waals surface area contributed by atoms with E-state index in [0.29, 0.717) is 7.18 Å². The number of alkyl halides is 1. The molecule has 0 aromatic carbocycles. The van der Waals surface area contributed by atoms with Gasteiger partial charge in [-0.15, -0.1) is 0 Å². The molecule has 0 aliphatic heterocycles. The minimum absolute atomic E-state index is 0.500. The Labute approximate surface area is 35.4 Å². The predicted molar refractivity (Wildman–Crippen MR) is 18.3 cm³/mol. The van der Waals surface area contributed by atoms with Crippen LogP contribution in [-0.4, -0.2) is 7.18 Å². The summed E-state index contributed by atoms with van der Waals surface area (Å²) in [4.78, 5) is 0. The summed E-state index contributed by atoms with van der Waals surface area (Å²) in [6, 6.07) is 2.47. The first-order valence-corrected chi connectivity index (χ1v) is 1.08. The molecule has 0 radical (unpaired) electrons. The van der Waals surface area contributed by atoms with E-state index in [4.69, 9.17) is 10.5 Å². The quantitative estimate of drug-likeness (QED) is 0.433. The zero-order valence-electron chi connectivity index (χ0n) is 3.27. The molecule has 0 rings (SSSR count). The number of nitrogens with zero attached hydrogens (tertiary/aromatic N) is 2. The van der Waals surface area contributed by atoms with E-state index >= 15 is 0 Å². The second-order valence-corrected chi connectivity index (χ2v) is 0.224. The van der Waals surface area contributed by atoms with Gasteiger partial charge < -0.3 is 0 Å². The minimum atomic E-state index is 0.500. The van der Waals surface area contributed by atoms with Crippen LogP contribution in [0.4, 0.5) is 4.39 Å². The van der Waals surface area contributed by atoms with E-state index in [9.17, 15) is 4.39 Å². The van der Waals surface area contributed by atoms with E-state index in [1.807, 2.05) is 0 Å². The lowest BCUT2D eigenvalue weighted by Gasteiger charge is -1.16. The molecule has 0 saturated carbocycles. The standard InChI is InChI=1S/C2N2.CH3F/c3-1-2-4;1-2/h;1H3. The summed E-state index contributed by atoms with van der Waals surface area (Å²) in [5.74, 6) is 0. The fraction of sp³-hybridized carbons (Fsp3) is 0.333. The number of hydrogen-bond donors (Lipinski definition) is 0. The molecule has 0 spiro atoms. The summed E-state index contributed by atoms with van der Waals surface area (Å²) in [6.07, 6.45) is 0. The Morgan fingerprint density at radius 3 is 1.33 bits per heavy atom. The lowest BCUT2D eigenvalue weighted by Crippen LogP contribution is -1.26. The van der Waals surface area contributed by atoms with Crippen LogP contribution in [0.15, 0.2) is 0 Å². The van der Waals surface area contributed by atoms with Gasteiger partial charge in [0.1, 0.15) is 0 Å². The summed E-state index contributed by atoms with van der Waals surface area (Å²) in [5, 5.41) is 14.5. The second-order valence-electron chi connectivity index (χ2n) is 0.224. The van der Waals surface area contributed by atoms with Crippen LogP contribution in [-0.2, 0) is 0 Å². The smallest absolute Gasteiger partial charge is 0.181 e. The maximum absolute atomic E-state index is 9.50. The Morgan fingerprint density at radius 2 is 1.33 bits per heavy atom. The van der Waals surface area contributed by atoms with Crippen LogP contribution in [0.2, 0.25) is 0 Å². The maximum atomic E-state index is 9.50. The first-order valence-electron chi connectivity index (χ1n) is 1.08. The SMILES string of the molecule is CF.N#CC#N. The van der Waals surface area contributed by atoms with Gasteiger partial charge in [0, 0.05) is 0 Å². The van der Waals surface area contributed by atoms with Crippen molar-refractivity contribution >= 4 is 0 Å². The van der Waals surface area contributed by atoms with E-state index < -0.39 is 0 Å². The zero-order valence-corrected chi connectivity index (χ0v) is 3.27. The fourth-order valence-electron chi connectivity index (χ4n) is 0. The van der Waals surface area contributed by atoms with Gasteiger partial charge in [0.05, 0.1) is 7.18 Å². The average molecular weight is 86.1 g/mol. The lowest BCUT2D eigenvalue weighted by molar-refractivity contribution is 0.636. The van der Waals surface area contributed by atoms with Gasteiger partial charge in [-0.05, 0) is 0 Å². The summed E-state index contributed by atoms with van der Waals surface area (Å²) in [5.41, 5.74) is 0. The molecule has 0 fully saturated rings. The molecule has 0 unspecified atom stereocenters. The molecule has 0 aliphatic rings. The summed E-state index contributed by atoms with van der Waals surface area (Å²) in [6.45, 7) is 0. The Kier molecular flexibility index (Phi) is 59.1. The maximum Gasteiger partial charge on any atom is 0.181 e. The minimum Gasteiger partial charge on any atom is -0.255 e. The molecule has 0 aromatic heterocycles. The first kappa shape index (κ1) is 8.86. The van der Waals surface area contributed by atoms with Gasteiger partial charge in [0.15, 0.2) is 12.1 Å². The van der Waals surface area contributed by atoms with Crippen LogP contribution < -0.4 is 0 Å². The van der Waals surface area contributed by atoms with Crippen molar-refractivity contribution < 1.29 is 4.39 Å². The highest BCUT2D eigenvalue weighted by atomic mass is 19.1. The molecule has 6 heavy (non-hydrogen) atoms. The summed E-state index contributed by atoms with van der Waals surface area (Å²) >= 11 is 0. The van der Waals surface area contributed by atoms with Crippen LogP contribution >= 0.6 is 0 Å². The third kappa shape index (κ3) is 1310. The van der Waals surface area contributed by atoms with Gasteiger partial charge in [-0.3, -0.25) is 4.39 Å².